The predicted molar refractivity (Wildman–Crippen MR) is 112 cm³/mol. The Hall–Kier alpha value is -4.47. The molecular formula is C21H14FN9. The van der Waals surface area contributed by atoms with Gasteiger partial charge in [0.15, 0.2) is 11.6 Å². The first-order valence-electron chi connectivity index (χ1n) is 9.47. The average molecular weight is 411 g/mol. The van der Waals surface area contributed by atoms with Crippen LogP contribution in [-0.4, -0.2) is 44.7 Å². The maximum Gasteiger partial charge on any atom is 0.161 e. The van der Waals surface area contributed by atoms with Gasteiger partial charge in [-0.05, 0) is 19.1 Å². The molecule has 0 aliphatic heterocycles. The molecule has 0 aliphatic carbocycles. The number of fused-ring (bicyclic) bond motifs is 2. The van der Waals surface area contributed by atoms with Gasteiger partial charge in [0.05, 0.1) is 40.3 Å². The molecule has 6 rings (SSSR count). The second kappa shape index (κ2) is 6.52. The molecule has 9 nitrogen and oxygen atoms in total. The Kier molecular flexibility index (Phi) is 3.66. The highest BCUT2D eigenvalue weighted by Gasteiger charge is 2.21. The lowest BCUT2D eigenvalue weighted by molar-refractivity contribution is 0.638. The van der Waals surface area contributed by atoms with E-state index in [1.54, 1.807) is 12.5 Å². The van der Waals surface area contributed by atoms with E-state index in [2.05, 4.69) is 35.1 Å². The molecule has 1 aromatic carbocycles. The molecule has 0 radical (unpaired) electrons. The van der Waals surface area contributed by atoms with Gasteiger partial charge < -0.3 is 9.55 Å². The van der Waals surface area contributed by atoms with E-state index in [9.17, 15) is 0 Å². The zero-order valence-electron chi connectivity index (χ0n) is 16.2. The lowest BCUT2D eigenvalue weighted by Gasteiger charge is -2.03. The van der Waals surface area contributed by atoms with Crippen molar-refractivity contribution in [1.82, 2.24) is 44.7 Å². The van der Waals surface area contributed by atoms with E-state index in [0.717, 1.165) is 22.4 Å². The van der Waals surface area contributed by atoms with Crippen LogP contribution in [0.1, 0.15) is 5.69 Å². The fourth-order valence-electron chi connectivity index (χ4n) is 3.66. The first-order chi connectivity index (χ1) is 15.2. The van der Waals surface area contributed by atoms with E-state index in [-0.39, 0.29) is 5.69 Å². The first-order valence-corrected chi connectivity index (χ1v) is 9.47. The molecule has 0 bridgehead atoms. The molecule has 31 heavy (non-hydrogen) atoms. The summed E-state index contributed by atoms with van der Waals surface area (Å²) in [4.78, 5) is 24.4. The van der Waals surface area contributed by atoms with Crippen molar-refractivity contribution < 1.29 is 4.39 Å². The number of nitrogens with one attached hydrogen (secondary N) is 2. The molecule has 0 aliphatic rings. The van der Waals surface area contributed by atoms with Crippen LogP contribution >= 0.6 is 0 Å². The third-order valence-electron chi connectivity index (χ3n) is 5.08. The summed E-state index contributed by atoms with van der Waals surface area (Å²) < 4.78 is 17.4. The fraction of sp³-hybridized carbons (Fsp3) is 0.0476. The lowest BCUT2D eigenvalue weighted by Crippen LogP contribution is -1.93. The van der Waals surface area contributed by atoms with Crippen molar-refractivity contribution in [2.24, 2.45) is 0 Å². The van der Waals surface area contributed by atoms with Crippen LogP contribution in [0.3, 0.4) is 0 Å². The Bertz CT molecular complexity index is 1560. The Labute approximate surface area is 174 Å². The molecule has 0 atom stereocenters. The van der Waals surface area contributed by atoms with Crippen molar-refractivity contribution in [3.8, 4) is 28.5 Å². The molecule has 0 fully saturated rings. The molecule has 0 saturated heterocycles. The summed E-state index contributed by atoms with van der Waals surface area (Å²) >= 11 is 0. The number of hydrogen-bond acceptors (Lipinski definition) is 6. The smallest absolute Gasteiger partial charge is 0.161 e. The number of halogens is 1. The maximum atomic E-state index is 15.5. The molecule has 0 saturated carbocycles. The molecule has 2 N–H and O–H groups in total. The van der Waals surface area contributed by atoms with E-state index in [1.165, 1.54) is 18.7 Å². The van der Waals surface area contributed by atoms with Gasteiger partial charge in [-0.2, -0.15) is 5.10 Å². The van der Waals surface area contributed by atoms with Gasteiger partial charge in [-0.1, -0.05) is 6.07 Å². The summed E-state index contributed by atoms with van der Waals surface area (Å²) in [7, 11) is 0. The number of aryl methyl sites for hydroxylation is 1. The van der Waals surface area contributed by atoms with Crippen molar-refractivity contribution >= 4 is 21.9 Å². The highest BCUT2D eigenvalue weighted by molar-refractivity contribution is 5.96. The number of pyridine rings is 1. The standard InChI is InChI=1S/C21H14FN9/c1-11-8-31(10-26-11)15-4-2-3-13-19(15)28-21(27-13)20-16-14(29-30-20)7-25-18(17(16)22)12-5-23-9-24-6-12/h2-10H,1H3,(H,27,28)(H,29,30). The van der Waals surface area contributed by atoms with Crippen LogP contribution in [-0.2, 0) is 0 Å². The number of nitrogens with zero attached hydrogens (tertiary/aromatic N) is 7. The Morgan fingerprint density at radius 1 is 1.00 bits per heavy atom. The molecule has 0 amide bonds. The zero-order chi connectivity index (χ0) is 20.9. The third kappa shape index (κ3) is 2.69. The normalized spacial score (nSPS) is 11.5. The first kappa shape index (κ1) is 17.4. The minimum atomic E-state index is -0.512. The minimum absolute atomic E-state index is 0.154. The molecule has 0 unspecified atom stereocenters. The summed E-state index contributed by atoms with van der Waals surface area (Å²) in [5.41, 5.74) is 4.79. The van der Waals surface area contributed by atoms with Crippen molar-refractivity contribution in [3.63, 3.8) is 0 Å². The largest absolute Gasteiger partial charge is 0.336 e. The van der Waals surface area contributed by atoms with Crippen LogP contribution in [0, 0.1) is 12.7 Å². The second-order valence-electron chi connectivity index (χ2n) is 7.09. The van der Waals surface area contributed by atoms with Crippen LogP contribution in [0.25, 0.3) is 50.4 Å². The summed E-state index contributed by atoms with van der Waals surface area (Å²) in [5, 5.41) is 7.45. The molecule has 6 aromatic rings. The summed E-state index contributed by atoms with van der Waals surface area (Å²) in [5.74, 6) is -0.0622. The molecule has 10 heteroatoms. The number of aromatic nitrogens is 9. The molecule has 150 valence electrons. The van der Waals surface area contributed by atoms with E-state index in [4.69, 9.17) is 4.98 Å². The van der Waals surface area contributed by atoms with Gasteiger partial charge in [-0.15, -0.1) is 0 Å². The highest BCUT2D eigenvalue weighted by Crippen LogP contribution is 2.32. The number of aromatic amines is 2. The minimum Gasteiger partial charge on any atom is -0.336 e. The summed E-state index contributed by atoms with van der Waals surface area (Å²) in [6.45, 7) is 1.93. The van der Waals surface area contributed by atoms with Crippen LogP contribution in [0.5, 0.6) is 0 Å². The van der Waals surface area contributed by atoms with Gasteiger partial charge >= 0.3 is 0 Å². The number of benzene rings is 1. The SMILES string of the molecule is Cc1cn(-c2cccc3[nH]c(-c4n[nH]c5cnc(-c6cncnc6)c(F)c45)nc23)cn1. The third-order valence-corrected chi connectivity index (χ3v) is 5.08. The van der Waals surface area contributed by atoms with E-state index >= 15 is 4.39 Å². The number of imidazole rings is 2. The number of hydrogen-bond donors (Lipinski definition) is 2. The van der Waals surface area contributed by atoms with Crippen molar-refractivity contribution in [2.75, 3.05) is 0 Å². The van der Waals surface area contributed by atoms with Gasteiger partial charge in [-0.3, -0.25) is 10.1 Å². The highest BCUT2D eigenvalue weighted by atomic mass is 19.1. The Morgan fingerprint density at radius 2 is 1.87 bits per heavy atom. The molecular weight excluding hydrogens is 397 g/mol. The van der Waals surface area contributed by atoms with Gasteiger partial charge in [0.25, 0.3) is 0 Å². The van der Waals surface area contributed by atoms with Crippen LogP contribution in [0.4, 0.5) is 4.39 Å². The van der Waals surface area contributed by atoms with Crippen LogP contribution in [0.2, 0.25) is 0 Å². The van der Waals surface area contributed by atoms with Gasteiger partial charge in [0.1, 0.15) is 23.2 Å². The maximum absolute atomic E-state index is 15.5. The second-order valence-corrected chi connectivity index (χ2v) is 7.09. The van der Waals surface area contributed by atoms with Crippen molar-refractivity contribution in [3.05, 3.63) is 67.2 Å². The van der Waals surface area contributed by atoms with Gasteiger partial charge in [-0.25, -0.2) is 24.3 Å². The van der Waals surface area contributed by atoms with E-state index < -0.39 is 5.82 Å². The average Bonchev–Trinajstić information content (AvgIpc) is 3.52. The van der Waals surface area contributed by atoms with Gasteiger partial charge in [0.2, 0.25) is 0 Å². The summed E-state index contributed by atoms with van der Waals surface area (Å²) in [6, 6.07) is 5.79. The fourth-order valence-corrected chi connectivity index (χ4v) is 3.66. The van der Waals surface area contributed by atoms with E-state index in [1.807, 2.05) is 35.9 Å². The number of H-pyrrole nitrogens is 2. The quantitative estimate of drug-likeness (QED) is 0.460. The van der Waals surface area contributed by atoms with Crippen LogP contribution in [0.15, 0.2) is 55.6 Å². The zero-order valence-corrected chi connectivity index (χ0v) is 16.2. The molecule has 0 spiro atoms. The predicted octanol–water partition coefficient (Wildman–Crippen LogP) is 3.59. The Balaban J connectivity index is 1.56. The molecule has 5 heterocycles. The Morgan fingerprint density at radius 3 is 2.68 bits per heavy atom. The molecule has 5 aromatic heterocycles. The van der Waals surface area contributed by atoms with Crippen molar-refractivity contribution in [1.29, 1.82) is 0 Å². The number of para-hydroxylation sites is 1. The van der Waals surface area contributed by atoms with Crippen molar-refractivity contribution in [2.45, 2.75) is 6.92 Å². The topological polar surface area (TPSA) is 114 Å². The lowest BCUT2D eigenvalue weighted by atomic mass is 10.1. The summed E-state index contributed by atoms with van der Waals surface area (Å²) in [6.07, 6.45) is 9.63. The van der Waals surface area contributed by atoms with Crippen LogP contribution < -0.4 is 0 Å². The van der Waals surface area contributed by atoms with Gasteiger partial charge in [0, 0.05) is 24.2 Å². The monoisotopic (exact) mass is 411 g/mol. The number of rotatable bonds is 3. The van der Waals surface area contributed by atoms with E-state index in [0.29, 0.717) is 28.0 Å².